The first kappa shape index (κ1) is 16.2. The maximum Gasteiger partial charge on any atom is 0.261 e. The number of benzene rings is 2. The molecule has 0 aliphatic carbocycles. The summed E-state index contributed by atoms with van der Waals surface area (Å²) in [5.74, 6) is -0.433. The average Bonchev–Trinajstić information content (AvgIpc) is 2.58. The molecule has 0 radical (unpaired) electrons. The number of H-pyrrole nitrogens is 1. The van der Waals surface area contributed by atoms with Crippen molar-refractivity contribution < 1.29 is 4.79 Å². The van der Waals surface area contributed by atoms with E-state index in [1.165, 1.54) is 0 Å². The number of aromatic nitrogens is 1. The van der Waals surface area contributed by atoms with Crippen LogP contribution in [0.25, 0.3) is 11.1 Å². The first-order valence-electron chi connectivity index (χ1n) is 7.41. The van der Waals surface area contributed by atoms with Crippen molar-refractivity contribution in [3.63, 3.8) is 0 Å². The predicted octanol–water partition coefficient (Wildman–Crippen LogP) is 4.37. The van der Waals surface area contributed by atoms with E-state index < -0.39 is 11.5 Å². The summed E-state index contributed by atoms with van der Waals surface area (Å²) in [6, 6.07) is 16.6. The normalized spacial score (nSPS) is 10.4. The Kier molecular flexibility index (Phi) is 4.62. The predicted molar refractivity (Wildman–Crippen MR) is 99.3 cm³/mol. The molecule has 2 N–H and O–H groups in total. The highest BCUT2D eigenvalue weighted by Crippen LogP contribution is 2.23. The Morgan fingerprint density at radius 1 is 1.08 bits per heavy atom. The third-order valence-electron chi connectivity index (χ3n) is 3.69. The van der Waals surface area contributed by atoms with Crippen molar-refractivity contribution in [3.8, 4) is 11.1 Å². The zero-order valence-corrected chi connectivity index (χ0v) is 14.6. The van der Waals surface area contributed by atoms with Crippen LogP contribution < -0.4 is 10.9 Å². The minimum absolute atomic E-state index is 0.101. The number of hydrogen-bond donors (Lipinski definition) is 2. The van der Waals surface area contributed by atoms with Gasteiger partial charge in [0.1, 0.15) is 5.56 Å². The molecule has 120 valence electrons. The monoisotopic (exact) mass is 382 g/mol. The summed E-state index contributed by atoms with van der Waals surface area (Å²) < 4.78 is 0.961. The fourth-order valence-corrected chi connectivity index (χ4v) is 2.72. The molecule has 0 spiro atoms. The van der Waals surface area contributed by atoms with Crippen LogP contribution in [-0.2, 0) is 0 Å². The first-order valence-corrected chi connectivity index (χ1v) is 8.20. The van der Waals surface area contributed by atoms with Crippen LogP contribution in [0.2, 0.25) is 0 Å². The van der Waals surface area contributed by atoms with Gasteiger partial charge in [-0.05, 0) is 42.3 Å². The molecule has 5 heteroatoms. The number of aromatic amines is 1. The second-order valence-electron chi connectivity index (χ2n) is 5.38. The van der Waals surface area contributed by atoms with Crippen molar-refractivity contribution in [3.05, 3.63) is 86.7 Å². The average molecular weight is 383 g/mol. The molecule has 0 fully saturated rings. The van der Waals surface area contributed by atoms with Crippen LogP contribution in [0, 0.1) is 6.92 Å². The van der Waals surface area contributed by atoms with E-state index in [9.17, 15) is 9.59 Å². The van der Waals surface area contributed by atoms with E-state index in [1.807, 2.05) is 49.4 Å². The van der Waals surface area contributed by atoms with Gasteiger partial charge in [0.05, 0.1) is 0 Å². The van der Waals surface area contributed by atoms with Gasteiger partial charge in [-0.2, -0.15) is 0 Å². The maximum atomic E-state index is 12.7. The number of rotatable bonds is 3. The van der Waals surface area contributed by atoms with Gasteiger partial charge in [-0.15, -0.1) is 0 Å². The van der Waals surface area contributed by atoms with Crippen LogP contribution in [0.15, 0.2) is 70.1 Å². The molecule has 0 aliphatic rings. The molecule has 3 rings (SSSR count). The Morgan fingerprint density at radius 3 is 2.54 bits per heavy atom. The van der Waals surface area contributed by atoms with Crippen LogP contribution in [0.1, 0.15) is 15.9 Å². The van der Waals surface area contributed by atoms with Gasteiger partial charge >= 0.3 is 0 Å². The summed E-state index contributed by atoms with van der Waals surface area (Å²) in [6.45, 7) is 1.93. The van der Waals surface area contributed by atoms with E-state index in [0.717, 1.165) is 15.6 Å². The van der Waals surface area contributed by atoms with E-state index in [-0.39, 0.29) is 5.56 Å². The van der Waals surface area contributed by atoms with Gasteiger partial charge in [-0.1, -0.05) is 46.3 Å². The molecule has 0 saturated heterocycles. The number of pyridine rings is 1. The van der Waals surface area contributed by atoms with Gasteiger partial charge in [-0.3, -0.25) is 9.59 Å². The van der Waals surface area contributed by atoms with Crippen LogP contribution in [0.4, 0.5) is 5.69 Å². The van der Waals surface area contributed by atoms with Crippen LogP contribution in [0.3, 0.4) is 0 Å². The van der Waals surface area contributed by atoms with Crippen LogP contribution >= 0.6 is 15.9 Å². The highest BCUT2D eigenvalue weighted by molar-refractivity contribution is 9.10. The number of hydrogen-bond acceptors (Lipinski definition) is 2. The first-order chi connectivity index (χ1) is 11.6. The van der Waals surface area contributed by atoms with Crippen LogP contribution in [-0.4, -0.2) is 10.9 Å². The highest BCUT2D eigenvalue weighted by Gasteiger charge is 2.17. The minimum atomic E-state index is -0.433. The van der Waals surface area contributed by atoms with Gasteiger partial charge < -0.3 is 10.3 Å². The molecule has 2 aromatic carbocycles. The minimum Gasteiger partial charge on any atom is -0.328 e. The van der Waals surface area contributed by atoms with Crippen molar-refractivity contribution >= 4 is 27.5 Å². The third kappa shape index (κ3) is 3.31. The number of carbonyl (C=O) groups excluding carboxylic acids is 1. The SMILES string of the molecule is Cc1cc(NC(=O)c2c(-c3ccccc3)cc[nH]c2=O)ccc1Br. The number of nitrogens with one attached hydrogen (secondary N) is 2. The summed E-state index contributed by atoms with van der Waals surface area (Å²) in [5, 5.41) is 2.80. The van der Waals surface area contributed by atoms with Crippen molar-refractivity contribution in [2.45, 2.75) is 6.92 Å². The number of aryl methyl sites for hydroxylation is 1. The molecule has 0 aliphatic heterocycles. The lowest BCUT2D eigenvalue weighted by Crippen LogP contribution is -2.24. The Balaban J connectivity index is 2.01. The van der Waals surface area contributed by atoms with Crippen LogP contribution in [0.5, 0.6) is 0 Å². The summed E-state index contributed by atoms with van der Waals surface area (Å²) in [5.41, 5.74) is 2.75. The second kappa shape index (κ2) is 6.84. The molecule has 24 heavy (non-hydrogen) atoms. The molecular weight excluding hydrogens is 368 g/mol. The Hall–Kier alpha value is -2.66. The van der Waals surface area contributed by atoms with E-state index in [0.29, 0.717) is 11.3 Å². The molecule has 0 bridgehead atoms. The van der Waals surface area contributed by atoms with Gasteiger partial charge in [0.2, 0.25) is 0 Å². The highest BCUT2D eigenvalue weighted by atomic mass is 79.9. The molecule has 0 atom stereocenters. The number of halogens is 1. The fraction of sp³-hybridized carbons (Fsp3) is 0.0526. The summed E-state index contributed by atoms with van der Waals surface area (Å²) in [6.07, 6.45) is 1.55. The standard InChI is InChI=1S/C19H15BrN2O2/c1-12-11-14(7-8-16(12)20)22-19(24)17-15(9-10-21-18(17)23)13-5-3-2-4-6-13/h2-11H,1H3,(H,21,23)(H,22,24). The molecular formula is C19H15BrN2O2. The van der Waals surface area contributed by atoms with Gasteiger partial charge in [-0.25, -0.2) is 0 Å². The van der Waals surface area contributed by atoms with Gasteiger partial charge in [0.25, 0.3) is 11.5 Å². The smallest absolute Gasteiger partial charge is 0.261 e. The zero-order valence-electron chi connectivity index (χ0n) is 13.0. The second-order valence-corrected chi connectivity index (χ2v) is 6.23. The largest absolute Gasteiger partial charge is 0.328 e. The summed E-state index contributed by atoms with van der Waals surface area (Å²) >= 11 is 3.43. The third-order valence-corrected chi connectivity index (χ3v) is 4.58. The van der Waals surface area contributed by atoms with Crippen molar-refractivity contribution in [2.75, 3.05) is 5.32 Å². The lowest BCUT2D eigenvalue weighted by atomic mass is 10.0. The Bertz CT molecular complexity index is 949. The molecule has 1 heterocycles. The van der Waals surface area contributed by atoms with E-state index in [4.69, 9.17) is 0 Å². The van der Waals surface area contributed by atoms with E-state index >= 15 is 0 Å². The molecule has 1 amide bonds. The maximum absolute atomic E-state index is 12.7. The number of carbonyl (C=O) groups is 1. The van der Waals surface area contributed by atoms with Gasteiger partial charge in [0.15, 0.2) is 0 Å². The van der Waals surface area contributed by atoms with Crippen molar-refractivity contribution in [1.29, 1.82) is 0 Å². The number of anilines is 1. The summed E-state index contributed by atoms with van der Waals surface area (Å²) in [4.78, 5) is 27.5. The van der Waals surface area contributed by atoms with Gasteiger partial charge in [0, 0.05) is 21.9 Å². The lowest BCUT2D eigenvalue weighted by molar-refractivity contribution is 0.102. The Labute approximate surface area is 147 Å². The van der Waals surface area contributed by atoms with Crippen molar-refractivity contribution in [2.24, 2.45) is 0 Å². The number of amides is 1. The van der Waals surface area contributed by atoms with E-state index in [1.54, 1.807) is 18.3 Å². The van der Waals surface area contributed by atoms with Crippen molar-refractivity contribution in [1.82, 2.24) is 4.98 Å². The molecule has 3 aromatic rings. The molecule has 4 nitrogen and oxygen atoms in total. The van der Waals surface area contributed by atoms with E-state index in [2.05, 4.69) is 26.2 Å². The zero-order chi connectivity index (χ0) is 17.1. The quantitative estimate of drug-likeness (QED) is 0.706. The Morgan fingerprint density at radius 2 is 1.83 bits per heavy atom. The molecule has 1 aromatic heterocycles. The lowest BCUT2D eigenvalue weighted by Gasteiger charge is -2.10. The topological polar surface area (TPSA) is 62.0 Å². The molecule has 0 saturated carbocycles. The fourth-order valence-electron chi connectivity index (χ4n) is 2.48. The molecule has 0 unspecified atom stereocenters. The summed E-state index contributed by atoms with van der Waals surface area (Å²) in [7, 11) is 0.